The number of hydrogen-bond acceptors (Lipinski definition) is 1. The second kappa shape index (κ2) is 4.61. The van der Waals surface area contributed by atoms with Gasteiger partial charge in [-0.05, 0) is 38.2 Å². The highest BCUT2D eigenvalue weighted by Gasteiger charge is 2.18. The Labute approximate surface area is 86.1 Å². The fourth-order valence-electron chi connectivity index (χ4n) is 2.12. The molecule has 0 unspecified atom stereocenters. The molecule has 1 nitrogen and oxygen atoms in total. The molecule has 0 amide bonds. The molecule has 0 N–H and O–H groups in total. The van der Waals surface area contributed by atoms with Crippen LogP contribution in [0.25, 0.3) is 0 Å². The first-order valence-corrected chi connectivity index (χ1v) is 5.54. The standard InChI is InChI=1S/C13H18O/c1-11-6-5-9-13(14-11)10-12-7-3-2-4-8-12/h2-4,7-8,11,13H,5-6,9-10H2,1H3/t11-,13-/m1/s1. The van der Waals surface area contributed by atoms with E-state index in [9.17, 15) is 0 Å². The van der Waals surface area contributed by atoms with Gasteiger partial charge >= 0.3 is 0 Å². The van der Waals surface area contributed by atoms with Crippen LogP contribution in [0.3, 0.4) is 0 Å². The van der Waals surface area contributed by atoms with Gasteiger partial charge in [-0.25, -0.2) is 0 Å². The summed E-state index contributed by atoms with van der Waals surface area (Å²) in [5.41, 5.74) is 1.40. The van der Waals surface area contributed by atoms with Crippen LogP contribution in [0.4, 0.5) is 0 Å². The van der Waals surface area contributed by atoms with Crippen molar-refractivity contribution >= 4 is 0 Å². The van der Waals surface area contributed by atoms with Crippen molar-refractivity contribution in [3.63, 3.8) is 0 Å². The normalized spacial score (nSPS) is 27.5. The maximum atomic E-state index is 5.89. The van der Waals surface area contributed by atoms with E-state index >= 15 is 0 Å². The quantitative estimate of drug-likeness (QED) is 0.696. The minimum Gasteiger partial charge on any atom is -0.375 e. The molecule has 1 aliphatic rings. The first-order valence-electron chi connectivity index (χ1n) is 5.54. The Balaban J connectivity index is 1.91. The van der Waals surface area contributed by atoms with Gasteiger partial charge in [0.1, 0.15) is 0 Å². The first kappa shape index (κ1) is 9.72. The lowest BCUT2D eigenvalue weighted by atomic mass is 9.99. The van der Waals surface area contributed by atoms with E-state index in [1.165, 1.54) is 24.8 Å². The van der Waals surface area contributed by atoms with Gasteiger partial charge in [0.05, 0.1) is 12.2 Å². The molecule has 0 spiro atoms. The summed E-state index contributed by atoms with van der Waals surface area (Å²) in [5, 5.41) is 0. The zero-order valence-corrected chi connectivity index (χ0v) is 8.78. The lowest BCUT2D eigenvalue weighted by Gasteiger charge is -2.27. The van der Waals surface area contributed by atoms with E-state index in [2.05, 4.69) is 37.3 Å². The Morgan fingerprint density at radius 2 is 2.00 bits per heavy atom. The van der Waals surface area contributed by atoms with Crippen molar-refractivity contribution in [2.75, 3.05) is 0 Å². The molecular formula is C13H18O. The molecule has 14 heavy (non-hydrogen) atoms. The van der Waals surface area contributed by atoms with Crippen molar-refractivity contribution in [3.8, 4) is 0 Å². The van der Waals surface area contributed by atoms with Crippen molar-refractivity contribution in [1.82, 2.24) is 0 Å². The van der Waals surface area contributed by atoms with Gasteiger partial charge < -0.3 is 4.74 Å². The highest BCUT2D eigenvalue weighted by Crippen LogP contribution is 2.21. The third-order valence-electron chi connectivity index (χ3n) is 2.87. The van der Waals surface area contributed by atoms with Crippen molar-refractivity contribution in [3.05, 3.63) is 35.9 Å². The number of benzene rings is 1. The Bertz CT molecular complexity index is 268. The van der Waals surface area contributed by atoms with E-state index in [1.54, 1.807) is 0 Å². The maximum Gasteiger partial charge on any atom is 0.0619 e. The summed E-state index contributed by atoms with van der Waals surface area (Å²) in [4.78, 5) is 0. The number of hydrogen-bond donors (Lipinski definition) is 0. The van der Waals surface area contributed by atoms with Crippen LogP contribution in [0.1, 0.15) is 31.7 Å². The van der Waals surface area contributed by atoms with Gasteiger partial charge in [-0.1, -0.05) is 30.3 Å². The summed E-state index contributed by atoms with van der Waals surface area (Å²) in [6, 6.07) is 10.6. The molecule has 0 radical (unpaired) electrons. The van der Waals surface area contributed by atoms with Gasteiger partial charge in [0.25, 0.3) is 0 Å². The zero-order chi connectivity index (χ0) is 9.80. The third-order valence-corrected chi connectivity index (χ3v) is 2.87. The van der Waals surface area contributed by atoms with E-state index in [1.807, 2.05) is 0 Å². The van der Waals surface area contributed by atoms with Crippen molar-refractivity contribution in [2.24, 2.45) is 0 Å². The Hall–Kier alpha value is -0.820. The molecular weight excluding hydrogens is 172 g/mol. The topological polar surface area (TPSA) is 9.23 Å². The molecule has 1 aromatic carbocycles. The molecule has 0 aliphatic carbocycles. The molecule has 1 aromatic rings. The van der Waals surface area contributed by atoms with Gasteiger partial charge in [0, 0.05) is 0 Å². The van der Waals surface area contributed by atoms with Crippen LogP contribution in [-0.4, -0.2) is 12.2 Å². The largest absolute Gasteiger partial charge is 0.375 e. The zero-order valence-electron chi connectivity index (χ0n) is 8.78. The van der Waals surface area contributed by atoms with Crippen LogP contribution in [0.5, 0.6) is 0 Å². The van der Waals surface area contributed by atoms with E-state index in [0.717, 1.165) is 6.42 Å². The Morgan fingerprint density at radius 1 is 1.21 bits per heavy atom. The molecule has 0 bridgehead atoms. The molecule has 1 fully saturated rings. The third kappa shape index (κ3) is 2.58. The minimum atomic E-state index is 0.446. The van der Waals surface area contributed by atoms with Crippen LogP contribution >= 0.6 is 0 Å². The predicted molar refractivity (Wildman–Crippen MR) is 58.3 cm³/mol. The smallest absolute Gasteiger partial charge is 0.0619 e. The summed E-state index contributed by atoms with van der Waals surface area (Å²) in [5.74, 6) is 0. The molecule has 1 heteroatoms. The molecule has 0 aromatic heterocycles. The van der Waals surface area contributed by atoms with Crippen molar-refractivity contribution in [2.45, 2.75) is 44.8 Å². The SMILES string of the molecule is C[C@@H]1CCC[C@H](Cc2ccccc2)O1. The summed E-state index contributed by atoms with van der Waals surface area (Å²) in [7, 11) is 0. The van der Waals surface area contributed by atoms with E-state index in [4.69, 9.17) is 4.74 Å². The van der Waals surface area contributed by atoms with Crippen molar-refractivity contribution in [1.29, 1.82) is 0 Å². The Morgan fingerprint density at radius 3 is 2.71 bits per heavy atom. The Kier molecular flexibility index (Phi) is 3.20. The molecule has 0 saturated carbocycles. The molecule has 2 atom stereocenters. The summed E-state index contributed by atoms with van der Waals surface area (Å²) < 4.78 is 5.89. The average molecular weight is 190 g/mol. The van der Waals surface area contributed by atoms with Crippen LogP contribution in [0, 0.1) is 0 Å². The van der Waals surface area contributed by atoms with Crippen molar-refractivity contribution < 1.29 is 4.74 Å². The second-order valence-electron chi connectivity index (χ2n) is 4.19. The van der Waals surface area contributed by atoms with Crippen LogP contribution in [0.2, 0.25) is 0 Å². The minimum absolute atomic E-state index is 0.446. The highest BCUT2D eigenvalue weighted by atomic mass is 16.5. The van der Waals surface area contributed by atoms with Crippen LogP contribution in [0.15, 0.2) is 30.3 Å². The number of rotatable bonds is 2. The molecule has 2 rings (SSSR count). The van der Waals surface area contributed by atoms with Gasteiger partial charge in [0.2, 0.25) is 0 Å². The monoisotopic (exact) mass is 190 g/mol. The molecule has 76 valence electrons. The average Bonchev–Trinajstić information content (AvgIpc) is 2.19. The van der Waals surface area contributed by atoms with Gasteiger partial charge in [-0.2, -0.15) is 0 Å². The second-order valence-corrected chi connectivity index (χ2v) is 4.19. The van der Waals surface area contributed by atoms with Gasteiger partial charge in [-0.15, -0.1) is 0 Å². The number of ether oxygens (including phenoxy) is 1. The summed E-state index contributed by atoms with van der Waals surface area (Å²) >= 11 is 0. The highest BCUT2D eigenvalue weighted by molar-refractivity contribution is 5.15. The van der Waals surface area contributed by atoms with Gasteiger partial charge in [-0.3, -0.25) is 0 Å². The first-order chi connectivity index (χ1) is 6.84. The summed E-state index contributed by atoms with van der Waals surface area (Å²) in [6.45, 7) is 2.18. The molecule has 1 aliphatic heterocycles. The van der Waals surface area contributed by atoms with E-state index in [-0.39, 0.29) is 0 Å². The lowest BCUT2D eigenvalue weighted by molar-refractivity contribution is -0.0387. The van der Waals surface area contributed by atoms with E-state index < -0.39 is 0 Å². The van der Waals surface area contributed by atoms with Gasteiger partial charge in [0.15, 0.2) is 0 Å². The fraction of sp³-hybridized carbons (Fsp3) is 0.538. The lowest BCUT2D eigenvalue weighted by Crippen LogP contribution is -2.27. The predicted octanol–water partition coefficient (Wildman–Crippen LogP) is 3.19. The fourth-order valence-corrected chi connectivity index (χ4v) is 2.12. The van der Waals surface area contributed by atoms with Crippen LogP contribution < -0.4 is 0 Å². The molecule has 1 saturated heterocycles. The van der Waals surface area contributed by atoms with E-state index in [0.29, 0.717) is 12.2 Å². The molecule has 1 heterocycles. The summed E-state index contributed by atoms with van der Waals surface area (Å²) in [6.07, 6.45) is 5.74. The van der Waals surface area contributed by atoms with Crippen LogP contribution in [-0.2, 0) is 11.2 Å². The maximum absolute atomic E-state index is 5.89.